The number of hydrogen-bond acceptors (Lipinski definition) is 2. The number of rotatable bonds is 9. The van der Waals surface area contributed by atoms with Crippen LogP contribution in [0.4, 0.5) is 0 Å². The molecule has 0 aliphatic rings. The van der Waals surface area contributed by atoms with Crippen LogP contribution in [0.1, 0.15) is 68.7 Å². The van der Waals surface area contributed by atoms with Crippen molar-refractivity contribution in [3.8, 4) is 0 Å². The van der Waals surface area contributed by atoms with Crippen molar-refractivity contribution in [2.45, 2.75) is 80.4 Å². The highest BCUT2D eigenvalue weighted by Gasteiger charge is 2.38. The molecule has 0 spiro atoms. The van der Waals surface area contributed by atoms with E-state index >= 15 is 0 Å². The van der Waals surface area contributed by atoms with Crippen LogP contribution in [0.5, 0.6) is 0 Å². The van der Waals surface area contributed by atoms with Gasteiger partial charge in [0.15, 0.2) is 0 Å². The Bertz CT molecular complexity index is 242. The van der Waals surface area contributed by atoms with Gasteiger partial charge in [0.1, 0.15) is 0 Å². The first-order valence-corrected chi connectivity index (χ1v) is 7.75. The molecule has 0 aliphatic carbocycles. The minimum Gasteiger partial charge on any atom is -0.379 e. The van der Waals surface area contributed by atoms with E-state index in [2.05, 4.69) is 62.3 Å². The molecule has 116 valence electrons. The zero-order chi connectivity index (χ0) is 15.3. The quantitative estimate of drug-likeness (QED) is 0.593. The summed E-state index contributed by atoms with van der Waals surface area (Å²) in [6.07, 6.45) is 1.33. The predicted molar refractivity (Wildman–Crippen MR) is 83.5 cm³/mol. The van der Waals surface area contributed by atoms with Crippen molar-refractivity contribution in [1.29, 1.82) is 0 Å². The third kappa shape index (κ3) is 6.76. The Hall–Kier alpha value is -0.0800. The molecule has 2 heteroatoms. The van der Waals surface area contributed by atoms with E-state index in [0.29, 0.717) is 17.9 Å². The van der Waals surface area contributed by atoms with E-state index < -0.39 is 0 Å². The highest BCUT2D eigenvalue weighted by molar-refractivity contribution is 4.88. The zero-order valence-electron chi connectivity index (χ0n) is 14.7. The molecular weight excluding hydrogens is 236 g/mol. The van der Waals surface area contributed by atoms with E-state index in [1.807, 2.05) is 0 Å². The van der Waals surface area contributed by atoms with Gasteiger partial charge in [-0.15, -0.1) is 0 Å². The molecule has 19 heavy (non-hydrogen) atoms. The second-order valence-electron chi connectivity index (χ2n) is 7.60. The Labute approximate surface area is 121 Å². The Balaban J connectivity index is 4.34. The van der Waals surface area contributed by atoms with Gasteiger partial charge in [-0.05, 0) is 51.4 Å². The van der Waals surface area contributed by atoms with Gasteiger partial charge in [0.05, 0.1) is 18.3 Å². The molecule has 0 N–H and O–H groups in total. The summed E-state index contributed by atoms with van der Waals surface area (Å²) < 4.78 is 11.9. The molecular formula is C17H36O2. The van der Waals surface area contributed by atoms with Crippen molar-refractivity contribution >= 4 is 0 Å². The maximum Gasteiger partial charge on any atom is 0.0678 e. The average Bonchev–Trinajstić information content (AvgIpc) is 2.24. The molecule has 0 amide bonds. The minimum absolute atomic E-state index is 0.110. The maximum absolute atomic E-state index is 6.22. The molecule has 0 aromatic carbocycles. The number of hydrogen-bond donors (Lipinski definition) is 0. The first-order chi connectivity index (χ1) is 8.49. The van der Waals surface area contributed by atoms with E-state index in [0.717, 1.165) is 19.6 Å². The summed E-state index contributed by atoms with van der Waals surface area (Å²) in [6, 6.07) is 0. The molecule has 0 bridgehead atoms. The molecule has 0 aromatic heterocycles. The summed E-state index contributed by atoms with van der Waals surface area (Å²) in [5.74, 6) is 1.27. The molecule has 2 nitrogen and oxygen atoms in total. The molecule has 0 rings (SSSR count). The Morgan fingerprint density at radius 1 is 0.895 bits per heavy atom. The van der Waals surface area contributed by atoms with Crippen LogP contribution in [0, 0.1) is 17.3 Å². The van der Waals surface area contributed by atoms with Gasteiger partial charge in [-0.2, -0.15) is 0 Å². The van der Waals surface area contributed by atoms with Crippen LogP contribution in [0.15, 0.2) is 0 Å². The summed E-state index contributed by atoms with van der Waals surface area (Å²) in [5.41, 5.74) is -0.0188. The molecule has 0 saturated carbocycles. The largest absolute Gasteiger partial charge is 0.379 e. The van der Waals surface area contributed by atoms with Gasteiger partial charge in [0, 0.05) is 6.61 Å². The average molecular weight is 272 g/mol. The van der Waals surface area contributed by atoms with Crippen molar-refractivity contribution in [2.75, 3.05) is 13.2 Å². The van der Waals surface area contributed by atoms with Crippen LogP contribution in [-0.4, -0.2) is 24.9 Å². The monoisotopic (exact) mass is 272 g/mol. The Morgan fingerprint density at radius 2 is 1.42 bits per heavy atom. The van der Waals surface area contributed by atoms with Crippen LogP contribution < -0.4 is 0 Å². The fourth-order valence-electron chi connectivity index (χ4n) is 1.58. The molecule has 0 saturated heterocycles. The normalized spacial score (nSPS) is 15.3. The molecule has 0 radical (unpaired) electrons. The first-order valence-electron chi connectivity index (χ1n) is 7.75. The van der Waals surface area contributed by atoms with Gasteiger partial charge in [-0.3, -0.25) is 0 Å². The molecule has 0 fully saturated rings. The van der Waals surface area contributed by atoms with Gasteiger partial charge >= 0.3 is 0 Å². The van der Waals surface area contributed by atoms with Crippen molar-refractivity contribution in [3.05, 3.63) is 0 Å². The highest BCUT2D eigenvalue weighted by atomic mass is 16.5. The van der Waals surface area contributed by atoms with Crippen molar-refractivity contribution in [3.63, 3.8) is 0 Å². The van der Waals surface area contributed by atoms with E-state index in [9.17, 15) is 0 Å². The lowest BCUT2D eigenvalue weighted by Gasteiger charge is -2.42. The molecule has 0 aromatic rings. The van der Waals surface area contributed by atoms with Crippen LogP contribution in [0.2, 0.25) is 0 Å². The summed E-state index contributed by atoms with van der Waals surface area (Å²) in [7, 11) is 0. The van der Waals surface area contributed by atoms with Crippen LogP contribution in [0.3, 0.4) is 0 Å². The lowest BCUT2D eigenvalue weighted by Crippen LogP contribution is -2.43. The predicted octanol–water partition coefficient (Wildman–Crippen LogP) is 4.92. The smallest absolute Gasteiger partial charge is 0.0678 e. The maximum atomic E-state index is 6.22. The van der Waals surface area contributed by atoms with Gasteiger partial charge in [-0.25, -0.2) is 0 Å². The third-order valence-corrected chi connectivity index (χ3v) is 4.65. The highest BCUT2D eigenvalue weighted by Crippen LogP contribution is 2.37. The fraction of sp³-hybridized carbons (Fsp3) is 1.00. The third-order valence-electron chi connectivity index (χ3n) is 4.65. The summed E-state index contributed by atoms with van der Waals surface area (Å²) in [6.45, 7) is 21.5. The Kier molecular flexibility index (Phi) is 7.60. The van der Waals surface area contributed by atoms with Crippen molar-refractivity contribution in [2.24, 2.45) is 17.3 Å². The second kappa shape index (κ2) is 7.64. The van der Waals surface area contributed by atoms with E-state index in [1.165, 1.54) is 0 Å². The standard InChI is InChI=1S/C17H36O2/c1-13(2)15(5)12-19-17(8,9)16(6,7)10-11-18-14(3)4/h13-15H,10-12H2,1-9H3. The lowest BCUT2D eigenvalue weighted by atomic mass is 9.74. The second-order valence-corrected chi connectivity index (χ2v) is 7.60. The van der Waals surface area contributed by atoms with Gasteiger partial charge in [0.25, 0.3) is 0 Å². The summed E-state index contributed by atoms with van der Waals surface area (Å²) in [5, 5.41) is 0. The van der Waals surface area contributed by atoms with Crippen LogP contribution in [-0.2, 0) is 9.47 Å². The minimum atomic E-state index is -0.128. The molecule has 1 atom stereocenters. The van der Waals surface area contributed by atoms with Gasteiger partial charge in [0.2, 0.25) is 0 Å². The SMILES string of the molecule is CC(C)OCCC(C)(C)C(C)(C)OCC(C)C(C)C. The van der Waals surface area contributed by atoms with E-state index in [1.54, 1.807) is 0 Å². The zero-order valence-corrected chi connectivity index (χ0v) is 14.7. The lowest BCUT2D eigenvalue weighted by molar-refractivity contribution is -0.120. The number of ether oxygens (including phenoxy) is 2. The Morgan fingerprint density at radius 3 is 1.84 bits per heavy atom. The first kappa shape index (κ1) is 18.9. The fourth-order valence-corrected chi connectivity index (χ4v) is 1.58. The van der Waals surface area contributed by atoms with Crippen molar-refractivity contribution in [1.82, 2.24) is 0 Å². The topological polar surface area (TPSA) is 18.5 Å². The van der Waals surface area contributed by atoms with Gasteiger partial charge in [-0.1, -0.05) is 34.6 Å². The van der Waals surface area contributed by atoms with Crippen LogP contribution >= 0.6 is 0 Å². The summed E-state index contributed by atoms with van der Waals surface area (Å²) >= 11 is 0. The van der Waals surface area contributed by atoms with E-state index in [4.69, 9.17) is 9.47 Å². The molecule has 1 unspecified atom stereocenters. The van der Waals surface area contributed by atoms with Crippen LogP contribution in [0.25, 0.3) is 0 Å². The van der Waals surface area contributed by atoms with E-state index in [-0.39, 0.29) is 11.0 Å². The summed E-state index contributed by atoms with van der Waals surface area (Å²) in [4.78, 5) is 0. The molecule has 0 heterocycles. The molecule has 0 aliphatic heterocycles. The van der Waals surface area contributed by atoms with Crippen molar-refractivity contribution < 1.29 is 9.47 Å². The van der Waals surface area contributed by atoms with Gasteiger partial charge < -0.3 is 9.47 Å².